The predicted molar refractivity (Wildman–Crippen MR) is 105 cm³/mol. The average Bonchev–Trinajstić information content (AvgIpc) is 3.40. The van der Waals surface area contributed by atoms with E-state index in [1.165, 1.54) is 16.0 Å². The maximum atomic E-state index is 13.0. The van der Waals surface area contributed by atoms with Crippen molar-refractivity contribution in [3.63, 3.8) is 0 Å². The van der Waals surface area contributed by atoms with Crippen molar-refractivity contribution >= 4 is 48.9 Å². The van der Waals surface area contributed by atoms with Gasteiger partial charge in [-0.3, -0.25) is 9.89 Å². The summed E-state index contributed by atoms with van der Waals surface area (Å²) in [7, 11) is 1.86. The SMILES string of the molecule is Cn1c2nc(Cc3ccn[nH]3)sc2c2cnn(Cc3ncc(N)s3)c(=O)c21. The van der Waals surface area contributed by atoms with Crippen LogP contribution in [0.5, 0.6) is 0 Å². The molecule has 5 rings (SSSR count). The number of thiazole rings is 2. The summed E-state index contributed by atoms with van der Waals surface area (Å²) >= 11 is 2.93. The highest BCUT2D eigenvalue weighted by Gasteiger charge is 2.18. The molecular formula is C16H14N8OS2. The number of aromatic nitrogens is 7. The molecule has 0 spiro atoms. The van der Waals surface area contributed by atoms with Crippen LogP contribution >= 0.6 is 22.7 Å². The Morgan fingerprint density at radius 1 is 1.26 bits per heavy atom. The number of nitrogens with two attached hydrogens (primary N) is 1. The van der Waals surface area contributed by atoms with Gasteiger partial charge in [-0.05, 0) is 6.07 Å². The lowest BCUT2D eigenvalue weighted by molar-refractivity contribution is 0.641. The van der Waals surface area contributed by atoms with Crippen LogP contribution in [0, 0.1) is 0 Å². The molecule has 0 amide bonds. The van der Waals surface area contributed by atoms with E-state index in [9.17, 15) is 4.79 Å². The van der Waals surface area contributed by atoms with Gasteiger partial charge in [0.2, 0.25) is 0 Å². The Morgan fingerprint density at radius 3 is 2.89 bits per heavy atom. The van der Waals surface area contributed by atoms with Gasteiger partial charge < -0.3 is 10.3 Å². The minimum atomic E-state index is -0.163. The van der Waals surface area contributed by atoms with Gasteiger partial charge in [-0.1, -0.05) is 11.3 Å². The van der Waals surface area contributed by atoms with Crippen LogP contribution in [0.2, 0.25) is 0 Å². The Morgan fingerprint density at radius 2 is 2.15 bits per heavy atom. The molecule has 0 atom stereocenters. The summed E-state index contributed by atoms with van der Waals surface area (Å²) in [5.74, 6) is 0. The largest absolute Gasteiger partial charge is 0.389 e. The molecule has 3 N–H and O–H groups in total. The zero-order valence-electron chi connectivity index (χ0n) is 14.2. The number of fused-ring (bicyclic) bond motifs is 3. The smallest absolute Gasteiger partial charge is 0.291 e. The second kappa shape index (κ2) is 5.99. The molecule has 0 saturated carbocycles. The summed E-state index contributed by atoms with van der Waals surface area (Å²) in [4.78, 5) is 21.9. The number of rotatable bonds is 4. The zero-order chi connectivity index (χ0) is 18.5. The summed E-state index contributed by atoms with van der Waals surface area (Å²) < 4.78 is 4.22. The predicted octanol–water partition coefficient (Wildman–Crippen LogP) is 1.75. The average molecular weight is 398 g/mol. The number of nitrogens with zero attached hydrogens (tertiary/aromatic N) is 6. The first kappa shape index (κ1) is 16.1. The van der Waals surface area contributed by atoms with Gasteiger partial charge in [-0.25, -0.2) is 14.6 Å². The zero-order valence-corrected chi connectivity index (χ0v) is 15.8. The second-order valence-corrected chi connectivity index (χ2v) is 8.33. The Bertz CT molecular complexity index is 1320. The molecule has 0 aromatic carbocycles. The summed E-state index contributed by atoms with van der Waals surface area (Å²) in [6.07, 6.45) is 5.72. The maximum Gasteiger partial charge on any atom is 0.291 e. The first-order valence-electron chi connectivity index (χ1n) is 8.12. The van der Waals surface area contributed by atoms with E-state index in [-0.39, 0.29) is 5.56 Å². The topological polar surface area (TPSA) is 120 Å². The van der Waals surface area contributed by atoms with Crippen LogP contribution in [0.3, 0.4) is 0 Å². The monoisotopic (exact) mass is 398 g/mol. The number of aromatic amines is 1. The Hall–Kier alpha value is -3.05. The molecule has 0 saturated heterocycles. The van der Waals surface area contributed by atoms with Crippen LogP contribution < -0.4 is 11.3 Å². The Balaban J connectivity index is 1.60. The van der Waals surface area contributed by atoms with E-state index in [2.05, 4.69) is 20.3 Å². The van der Waals surface area contributed by atoms with Crippen LogP contribution in [0.1, 0.15) is 15.7 Å². The van der Waals surface area contributed by atoms with Gasteiger partial charge in [0.05, 0.1) is 23.6 Å². The minimum Gasteiger partial charge on any atom is -0.389 e. The van der Waals surface area contributed by atoms with Gasteiger partial charge in [0.15, 0.2) is 5.65 Å². The van der Waals surface area contributed by atoms with Crippen molar-refractivity contribution in [2.24, 2.45) is 7.05 Å². The maximum absolute atomic E-state index is 13.0. The van der Waals surface area contributed by atoms with Crippen molar-refractivity contribution in [2.75, 3.05) is 5.73 Å². The molecule has 5 aromatic rings. The number of H-pyrrole nitrogens is 1. The molecule has 0 bridgehead atoms. The van der Waals surface area contributed by atoms with Crippen molar-refractivity contribution in [1.29, 1.82) is 0 Å². The summed E-state index contributed by atoms with van der Waals surface area (Å²) in [6, 6.07) is 1.93. The second-order valence-electron chi connectivity index (χ2n) is 6.10. The molecule has 0 aliphatic heterocycles. The summed E-state index contributed by atoms with van der Waals surface area (Å²) in [5.41, 5.74) is 7.94. The van der Waals surface area contributed by atoms with Crippen molar-refractivity contribution in [2.45, 2.75) is 13.0 Å². The summed E-state index contributed by atoms with van der Waals surface area (Å²) in [5, 5.41) is 14.4. The van der Waals surface area contributed by atoms with Gasteiger partial charge in [-0.15, -0.1) is 11.3 Å². The molecular weight excluding hydrogens is 384 g/mol. The molecule has 5 aromatic heterocycles. The van der Waals surface area contributed by atoms with Crippen LogP contribution in [-0.2, 0) is 20.0 Å². The van der Waals surface area contributed by atoms with Crippen molar-refractivity contribution in [1.82, 2.24) is 34.5 Å². The molecule has 0 aliphatic rings. The number of anilines is 1. The molecule has 0 radical (unpaired) electrons. The number of nitrogen functional groups attached to an aromatic ring is 1. The van der Waals surface area contributed by atoms with E-state index in [0.717, 1.165) is 31.4 Å². The minimum absolute atomic E-state index is 0.163. The third-order valence-electron chi connectivity index (χ3n) is 4.33. The van der Waals surface area contributed by atoms with E-state index in [0.29, 0.717) is 23.5 Å². The van der Waals surface area contributed by atoms with Gasteiger partial charge in [0, 0.05) is 30.7 Å². The van der Waals surface area contributed by atoms with Gasteiger partial charge in [0.1, 0.15) is 20.5 Å². The molecule has 9 nitrogen and oxygen atoms in total. The summed E-state index contributed by atoms with van der Waals surface area (Å²) in [6.45, 7) is 0.300. The van der Waals surface area contributed by atoms with Gasteiger partial charge >= 0.3 is 0 Å². The number of hydrogen-bond donors (Lipinski definition) is 2. The van der Waals surface area contributed by atoms with Crippen molar-refractivity contribution < 1.29 is 0 Å². The van der Waals surface area contributed by atoms with Crippen LogP contribution in [0.25, 0.3) is 21.3 Å². The molecule has 136 valence electrons. The third kappa shape index (κ3) is 2.62. The van der Waals surface area contributed by atoms with E-state index < -0.39 is 0 Å². The highest BCUT2D eigenvalue weighted by atomic mass is 32.1. The molecule has 0 fully saturated rings. The van der Waals surface area contributed by atoms with E-state index in [4.69, 9.17) is 10.7 Å². The highest BCUT2D eigenvalue weighted by molar-refractivity contribution is 7.19. The lowest BCUT2D eigenvalue weighted by Gasteiger charge is -2.03. The van der Waals surface area contributed by atoms with E-state index in [1.54, 1.807) is 29.9 Å². The first-order valence-corrected chi connectivity index (χ1v) is 9.76. The quantitative estimate of drug-likeness (QED) is 0.476. The molecule has 27 heavy (non-hydrogen) atoms. The van der Waals surface area contributed by atoms with Crippen LogP contribution in [0.4, 0.5) is 5.00 Å². The first-order chi connectivity index (χ1) is 13.1. The van der Waals surface area contributed by atoms with E-state index in [1.807, 2.05) is 17.7 Å². The molecule has 0 unspecified atom stereocenters. The van der Waals surface area contributed by atoms with Crippen LogP contribution in [0.15, 0.2) is 29.5 Å². The van der Waals surface area contributed by atoms with Gasteiger partial charge in [-0.2, -0.15) is 10.2 Å². The number of nitrogens with one attached hydrogen (secondary N) is 1. The highest BCUT2D eigenvalue weighted by Crippen LogP contribution is 2.31. The third-order valence-corrected chi connectivity index (χ3v) is 6.22. The standard InChI is InChI=1S/C16H14N8OS2/c1-23-13-9(5-20-24(16(13)25)7-12-18-6-10(17)26-12)14-15(23)21-11(27-14)4-8-2-3-19-22-8/h2-3,5-6H,4,7,17H2,1H3,(H,19,22). The lowest BCUT2D eigenvalue weighted by Crippen LogP contribution is -2.24. The number of aryl methyl sites for hydroxylation is 1. The Labute approximate surface area is 160 Å². The Kier molecular flexibility index (Phi) is 3.58. The fourth-order valence-electron chi connectivity index (χ4n) is 3.09. The van der Waals surface area contributed by atoms with Crippen molar-refractivity contribution in [3.8, 4) is 0 Å². The van der Waals surface area contributed by atoms with E-state index >= 15 is 0 Å². The normalized spacial score (nSPS) is 11.7. The molecule has 11 heteroatoms. The fraction of sp³-hybridized carbons (Fsp3) is 0.188. The lowest BCUT2D eigenvalue weighted by atomic mass is 10.3. The number of hydrogen-bond acceptors (Lipinski definition) is 8. The fourth-order valence-corrected chi connectivity index (χ4v) is 4.89. The van der Waals surface area contributed by atoms with Gasteiger partial charge in [0.25, 0.3) is 5.56 Å². The molecule has 0 aliphatic carbocycles. The van der Waals surface area contributed by atoms with Crippen molar-refractivity contribution in [3.05, 3.63) is 50.7 Å². The van der Waals surface area contributed by atoms with Crippen LogP contribution in [-0.4, -0.2) is 34.5 Å². The molecule has 5 heterocycles.